The summed E-state index contributed by atoms with van der Waals surface area (Å²) in [5.74, 6) is 0.650. The number of pyridine rings is 1. The Bertz CT molecular complexity index is 983. The minimum Gasteiger partial charge on any atom is -0.368 e. The van der Waals surface area contributed by atoms with Gasteiger partial charge in [-0.3, -0.25) is 9.59 Å². The van der Waals surface area contributed by atoms with E-state index in [0.29, 0.717) is 31.2 Å². The number of carbonyl (C=O) groups is 1. The first-order valence-electron chi connectivity index (χ1n) is 9.74. The second-order valence-corrected chi connectivity index (χ2v) is 7.97. The number of carbonyl (C=O) groups excluding carboxylic acids is 1. The number of amides is 1. The van der Waals surface area contributed by atoms with Crippen LogP contribution in [0.4, 0.5) is 5.95 Å². The molecule has 1 fully saturated rings. The highest BCUT2D eigenvalue weighted by molar-refractivity contribution is 5.94. The highest BCUT2D eigenvalue weighted by Gasteiger charge is 2.37. The highest BCUT2D eigenvalue weighted by Crippen LogP contribution is 2.36. The third-order valence-electron chi connectivity index (χ3n) is 6.17. The van der Waals surface area contributed by atoms with Crippen LogP contribution in [0.1, 0.15) is 52.6 Å². The molecule has 2 aromatic heterocycles. The van der Waals surface area contributed by atoms with E-state index >= 15 is 0 Å². The molecule has 1 saturated heterocycles. The summed E-state index contributed by atoms with van der Waals surface area (Å²) >= 11 is 0. The van der Waals surface area contributed by atoms with E-state index in [9.17, 15) is 9.59 Å². The molecule has 2 aliphatic heterocycles. The molecule has 27 heavy (non-hydrogen) atoms. The molecule has 7 nitrogen and oxygen atoms in total. The number of hydrogen-bond acceptors (Lipinski definition) is 5. The molecule has 1 amide bonds. The Labute approximate surface area is 157 Å². The first-order valence-corrected chi connectivity index (χ1v) is 9.74. The fourth-order valence-electron chi connectivity index (χ4n) is 5.00. The van der Waals surface area contributed by atoms with Gasteiger partial charge in [-0.2, -0.15) is 0 Å². The van der Waals surface area contributed by atoms with Crippen molar-refractivity contribution in [2.75, 3.05) is 18.8 Å². The number of hydrogen-bond donors (Lipinski definition) is 1. The fraction of sp³-hybridized carbons (Fsp3) is 0.500. The van der Waals surface area contributed by atoms with E-state index in [2.05, 4.69) is 9.97 Å². The quantitative estimate of drug-likeness (QED) is 0.823. The van der Waals surface area contributed by atoms with Crippen LogP contribution < -0.4 is 11.3 Å². The van der Waals surface area contributed by atoms with Crippen LogP contribution in [-0.2, 0) is 19.4 Å². The lowest BCUT2D eigenvalue weighted by Gasteiger charge is -2.42. The average Bonchev–Trinajstić information content (AvgIpc) is 2.67. The van der Waals surface area contributed by atoms with Gasteiger partial charge in [-0.1, -0.05) is 6.07 Å². The lowest BCUT2D eigenvalue weighted by molar-refractivity contribution is 0.0587. The van der Waals surface area contributed by atoms with Crippen LogP contribution in [0, 0.1) is 5.92 Å². The topological polar surface area (TPSA) is 94.1 Å². The molecule has 5 rings (SSSR count). The maximum Gasteiger partial charge on any atom is 0.272 e. The van der Waals surface area contributed by atoms with Gasteiger partial charge in [-0.25, -0.2) is 9.97 Å². The standard InChI is InChI=1S/C20H23N5O2/c21-20-22-15-5-2-1-4-14(15)18(23-20)19(27)24-9-12-8-13(11-24)16-6-3-7-17(26)25(16)10-12/h3,6-7,12-13H,1-2,4-5,8-11H2,(H2,21,22,23)/t12-,13+/m0/s1. The summed E-state index contributed by atoms with van der Waals surface area (Å²) in [6.07, 6.45) is 4.87. The van der Waals surface area contributed by atoms with E-state index < -0.39 is 0 Å². The number of nitrogens with two attached hydrogens (primary N) is 1. The Morgan fingerprint density at radius 1 is 1.11 bits per heavy atom. The van der Waals surface area contributed by atoms with Crippen LogP contribution in [-0.4, -0.2) is 38.4 Å². The maximum atomic E-state index is 13.3. The predicted octanol–water partition coefficient (Wildman–Crippen LogP) is 1.36. The Balaban J connectivity index is 1.48. The first kappa shape index (κ1) is 16.5. The van der Waals surface area contributed by atoms with Gasteiger partial charge in [-0.05, 0) is 44.1 Å². The number of aryl methyl sites for hydroxylation is 1. The van der Waals surface area contributed by atoms with Gasteiger partial charge >= 0.3 is 0 Å². The van der Waals surface area contributed by atoms with Crippen molar-refractivity contribution in [2.24, 2.45) is 5.92 Å². The SMILES string of the molecule is Nc1nc2c(c(C(=O)N3C[C@@H]4C[C@H](C3)c3cccc(=O)n3C4)n1)CCCC2. The van der Waals surface area contributed by atoms with E-state index in [1.54, 1.807) is 6.07 Å². The average molecular weight is 365 g/mol. The van der Waals surface area contributed by atoms with Crippen LogP contribution >= 0.6 is 0 Å². The minimum atomic E-state index is -0.0383. The third kappa shape index (κ3) is 2.72. The van der Waals surface area contributed by atoms with Crippen molar-refractivity contribution in [1.29, 1.82) is 0 Å². The Kier molecular flexibility index (Phi) is 3.77. The van der Waals surface area contributed by atoms with Crippen molar-refractivity contribution in [1.82, 2.24) is 19.4 Å². The van der Waals surface area contributed by atoms with Gasteiger partial charge in [0.15, 0.2) is 0 Å². The molecule has 0 aromatic carbocycles. The summed E-state index contributed by atoms with van der Waals surface area (Å²) < 4.78 is 1.88. The molecule has 0 spiro atoms. The highest BCUT2D eigenvalue weighted by atomic mass is 16.2. The normalized spacial score (nSPS) is 23.5. The number of rotatable bonds is 1. The second-order valence-electron chi connectivity index (χ2n) is 7.97. The zero-order valence-corrected chi connectivity index (χ0v) is 15.2. The Hall–Kier alpha value is -2.70. The number of piperidine rings is 1. The minimum absolute atomic E-state index is 0.0383. The van der Waals surface area contributed by atoms with Gasteiger partial charge < -0.3 is 15.2 Å². The van der Waals surface area contributed by atoms with E-state index in [1.165, 1.54) is 0 Å². The smallest absolute Gasteiger partial charge is 0.272 e. The lowest BCUT2D eigenvalue weighted by Crippen LogP contribution is -2.49. The van der Waals surface area contributed by atoms with Gasteiger partial charge in [0, 0.05) is 48.6 Å². The number of fused-ring (bicyclic) bond motifs is 5. The molecule has 0 radical (unpaired) electrons. The van der Waals surface area contributed by atoms with Crippen molar-refractivity contribution in [3.63, 3.8) is 0 Å². The number of aromatic nitrogens is 3. The summed E-state index contributed by atoms with van der Waals surface area (Å²) in [4.78, 5) is 36.1. The molecule has 2 bridgehead atoms. The number of likely N-dealkylation sites (tertiary alicyclic amines) is 1. The van der Waals surface area contributed by atoms with Crippen LogP contribution in [0.25, 0.3) is 0 Å². The van der Waals surface area contributed by atoms with Crippen molar-refractivity contribution in [3.8, 4) is 0 Å². The number of nitrogen functional groups attached to an aromatic ring is 1. The van der Waals surface area contributed by atoms with Crippen LogP contribution in [0.2, 0.25) is 0 Å². The summed E-state index contributed by atoms with van der Waals surface area (Å²) in [5, 5.41) is 0. The molecule has 140 valence electrons. The Morgan fingerprint density at radius 2 is 1.96 bits per heavy atom. The van der Waals surface area contributed by atoms with E-state index in [-0.39, 0.29) is 23.3 Å². The van der Waals surface area contributed by atoms with E-state index in [0.717, 1.165) is 49.1 Å². The van der Waals surface area contributed by atoms with E-state index in [4.69, 9.17) is 5.73 Å². The molecule has 3 aliphatic rings. The second kappa shape index (κ2) is 6.18. The van der Waals surface area contributed by atoms with Gasteiger partial charge in [0.1, 0.15) is 5.69 Å². The Morgan fingerprint density at radius 3 is 2.85 bits per heavy atom. The maximum absolute atomic E-state index is 13.3. The van der Waals surface area contributed by atoms with Crippen LogP contribution in [0.3, 0.4) is 0 Å². The summed E-state index contributed by atoms with van der Waals surface area (Å²) in [5.41, 5.74) is 9.39. The zero-order valence-electron chi connectivity index (χ0n) is 15.2. The molecule has 2 aromatic rings. The number of anilines is 1. The van der Waals surface area contributed by atoms with Gasteiger partial charge in [0.25, 0.3) is 11.5 Å². The monoisotopic (exact) mass is 365 g/mol. The van der Waals surface area contributed by atoms with Crippen molar-refractivity contribution >= 4 is 11.9 Å². The molecule has 2 atom stereocenters. The van der Waals surface area contributed by atoms with Crippen molar-refractivity contribution < 1.29 is 4.79 Å². The molecule has 2 N–H and O–H groups in total. The lowest BCUT2D eigenvalue weighted by atomic mass is 9.83. The molecule has 0 saturated carbocycles. The van der Waals surface area contributed by atoms with E-state index in [1.807, 2.05) is 21.6 Å². The zero-order chi connectivity index (χ0) is 18.5. The van der Waals surface area contributed by atoms with Crippen LogP contribution in [0.5, 0.6) is 0 Å². The summed E-state index contributed by atoms with van der Waals surface area (Å²) in [7, 11) is 0. The largest absolute Gasteiger partial charge is 0.368 e. The molecule has 4 heterocycles. The third-order valence-corrected chi connectivity index (χ3v) is 6.17. The van der Waals surface area contributed by atoms with Gasteiger partial charge in [0.2, 0.25) is 5.95 Å². The molecule has 7 heteroatoms. The molecular formula is C20H23N5O2. The van der Waals surface area contributed by atoms with Crippen molar-refractivity contribution in [2.45, 2.75) is 44.6 Å². The van der Waals surface area contributed by atoms with Gasteiger partial charge in [0.05, 0.1) is 0 Å². The summed E-state index contributed by atoms with van der Waals surface area (Å²) in [6, 6.07) is 5.45. The first-order chi connectivity index (χ1) is 13.1. The molecular weight excluding hydrogens is 342 g/mol. The fourth-order valence-corrected chi connectivity index (χ4v) is 5.00. The number of nitrogens with zero attached hydrogens (tertiary/aromatic N) is 4. The van der Waals surface area contributed by atoms with Crippen molar-refractivity contribution in [3.05, 3.63) is 51.2 Å². The predicted molar refractivity (Wildman–Crippen MR) is 101 cm³/mol. The molecule has 1 aliphatic carbocycles. The van der Waals surface area contributed by atoms with Crippen LogP contribution in [0.15, 0.2) is 23.0 Å². The van der Waals surface area contributed by atoms with Gasteiger partial charge in [-0.15, -0.1) is 0 Å². The summed E-state index contributed by atoms with van der Waals surface area (Å²) in [6.45, 7) is 1.96. The molecule has 0 unspecified atom stereocenters.